The van der Waals surface area contributed by atoms with Crippen LogP contribution in [-0.4, -0.2) is 45.3 Å². The van der Waals surface area contributed by atoms with E-state index in [0.29, 0.717) is 17.9 Å². The van der Waals surface area contributed by atoms with Gasteiger partial charge < -0.3 is 15.7 Å². The molecule has 1 unspecified atom stereocenters. The normalized spacial score (nSPS) is 20.4. The molecular weight excluding hydrogens is 208 g/mol. The number of hydrogen-bond acceptors (Lipinski definition) is 4. The number of aryl methyl sites for hydroxylation is 1. The van der Waals surface area contributed by atoms with Crippen molar-refractivity contribution in [3.8, 4) is 0 Å². The first kappa shape index (κ1) is 10.9. The van der Waals surface area contributed by atoms with Gasteiger partial charge in [0.15, 0.2) is 5.69 Å². The van der Waals surface area contributed by atoms with E-state index in [-0.39, 0.29) is 24.2 Å². The first-order valence-electron chi connectivity index (χ1n) is 5.37. The number of likely N-dealkylation sites (tertiary alicyclic amines) is 1. The van der Waals surface area contributed by atoms with Crippen LogP contribution in [0.5, 0.6) is 0 Å². The second kappa shape index (κ2) is 4.13. The van der Waals surface area contributed by atoms with Gasteiger partial charge in [-0.05, 0) is 19.8 Å². The summed E-state index contributed by atoms with van der Waals surface area (Å²) in [6, 6.07) is -0.0936. The van der Waals surface area contributed by atoms with Crippen LogP contribution in [0.25, 0.3) is 0 Å². The maximum atomic E-state index is 12.1. The topological polar surface area (TPSA) is 95.2 Å². The highest BCUT2D eigenvalue weighted by Gasteiger charge is 2.31. The molecule has 0 spiro atoms. The minimum Gasteiger partial charge on any atom is -0.395 e. The Morgan fingerprint density at radius 1 is 1.75 bits per heavy atom. The zero-order valence-corrected chi connectivity index (χ0v) is 9.23. The van der Waals surface area contributed by atoms with Gasteiger partial charge in [0, 0.05) is 6.54 Å². The fourth-order valence-electron chi connectivity index (χ4n) is 2.03. The number of nitrogens with zero attached hydrogens (tertiary/aromatic N) is 2. The summed E-state index contributed by atoms with van der Waals surface area (Å²) in [5, 5.41) is 15.7. The molecule has 1 saturated heterocycles. The molecule has 1 fully saturated rings. The molecule has 0 saturated carbocycles. The highest BCUT2D eigenvalue weighted by Crippen LogP contribution is 2.22. The number of carbonyl (C=O) groups excluding carboxylic acids is 1. The molecule has 1 amide bonds. The molecule has 16 heavy (non-hydrogen) atoms. The number of aliphatic hydroxyl groups is 1. The maximum Gasteiger partial charge on any atom is 0.276 e. The van der Waals surface area contributed by atoms with E-state index in [4.69, 9.17) is 10.8 Å². The van der Waals surface area contributed by atoms with Crippen LogP contribution in [-0.2, 0) is 0 Å². The standard InChI is InChI=1S/C10H16N4O2/c1-6-8(11)9(13-12-6)10(16)14-4-2-3-7(14)5-15/h7,15H,2-5,11H2,1H3,(H,12,13). The number of H-pyrrole nitrogens is 1. The molecule has 1 aliphatic heterocycles. The Morgan fingerprint density at radius 3 is 3.06 bits per heavy atom. The van der Waals surface area contributed by atoms with Crippen molar-refractivity contribution in [2.24, 2.45) is 0 Å². The van der Waals surface area contributed by atoms with E-state index in [0.717, 1.165) is 12.8 Å². The van der Waals surface area contributed by atoms with Gasteiger partial charge in [0.05, 0.1) is 24.0 Å². The van der Waals surface area contributed by atoms with Crippen molar-refractivity contribution >= 4 is 11.6 Å². The number of amides is 1. The summed E-state index contributed by atoms with van der Waals surface area (Å²) in [5.41, 5.74) is 7.11. The van der Waals surface area contributed by atoms with Crippen molar-refractivity contribution in [1.82, 2.24) is 15.1 Å². The molecular formula is C10H16N4O2. The molecule has 1 atom stereocenters. The van der Waals surface area contributed by atoms with Crippen LogP contribution in [0.15, 0.2) is 0 Å². The van der Waals surface area contributed by atoms with Gasteiger partial charge in [-0.3, -0.25) is 9.89 Å². The van der Waals surface area contributed by atoms with Gasteiger partial charge in [-0.25, -0.2) is 0 Å². The van der Waals surface area contributed by atoms with Crippen molar-refractivity contribution < 1.29 is 9.90 Å². The molecule has 1 aromatic heterocycles. The van der Waals surface area contributed by atoms with Crippen LogP contribution in [0.2, 0.25) is 0 Å². The van der Waals surface area contributed by atoms with Crippen LogP contribution >= 0.6 is 0 Å². The average Bonchev–Trinajstić information content (AvgIpc) is 2.86. The Hall–Kier alpha value is -1.56. The Morgan fingerprint density at radius 2 is 2.50 bits per heavy atom. The number of aromatic nitrogens is 2. The third kappa shape index (κ3) is 1.65. The summed E-state index contributed by atoms with van der Waals surface area (Å²) in [5.74, 6) is -0.196. The van der Waals surface area contributed by atoms with Crippen molar-refractivity contribution in [2.45, 2.75) is 25.8 Å². The molecule has 0 bridgehead atoms. The Balaban J connectivity index is 2.22. The molecule has 1 aliphatic rings. The summed E-state index contributed by atoms with van der Waals surface area (Å²) in [6.07, 6.45) is 1.76. The quantitative estimate of drug-likeness (QED) is 0.653. The first-order chi connectivity index (χ1) is 7.65. The molecule has 2 heterocycles. The minimum atomic E-state index is -0.196. The summed E-state index contributed by atoms with van der Waals surface area (Å²) in [7, 11) is 0. The summed E-state index contributed by atoms with van der Waals surface area (Å²) < 4.78 is 0. The number of aromatic amines is 1. The van der Waals surface area contributed by atoms with Gasteiger partial charge >= 0.3 is 0 Å². The second-order valence-corrected chi connectivity index (χ2v) is 4.09. The van der Waals surface area contributed by atoms with E-state index in [1.165, 1.54) is 0 Å². The summed E-state index contributed by atoms with van der Waals surface area (Å²) in [4.78, 5) is 13.7. The smallest absolute Gasteiger partial charge is 0.276 e. The lowest BCUT2D eigenvalue weighted by atomic mass is 10.2. The number of hydrogen-bond donors (Lipinski definition) is 3. The predicted molar refractivity (Wildman–Crippen MR) is 58.9 cm³/mol. The third-order valence-electron chi connectivity index (χ3n) is 3.05. The number of rotatable bonds is 2. The lowest BCUT2D eigenvalue weighted by Crippen LogP contribution is -2.38. The van der Waals surface area contributed by atoms with E-state index >= 15 is 0 Å². The lowest BCUT2D eigenvalue weighted by molar-refractivity contribution is 0.0673. The SMILES string of the molecule is Cc1[nH]nc(C(=O)N2CCCC2CO)c1N. The first-order valence-corrected chi connectivity index (χ1v) is 5.37. The number of nitrogens with one attached hydrogen (secondary N) is 1. The largest absolute Gasteiger partial charge is 0.395 e. The molecule has 2 rings (SSSR count). The van der Waals surface area contributed by atoms with Gasteiger partial charge in [-0.15, -0.1) is 0 Å². The number of nitrogen functional groups attached to an aromatic ring is 1. The van der Waals surface area contributed by atoms with Gasteiger partial charge in [0.25, 0.3) is 5.91 Å². The summed E-state index contributed by atoms with van der Waals surface area (Å²) >= 11 is 0. The van der Waals surface area contributed by atoms with E-state index in [1.54, 1.807) is 11.8 Å². The third-order valence-corrected chi connectivity index (χ3v) is 3.05. The van der Waals surface area contributed by atoms with E-state index in [9.17, 15) is 4.79 Å². The molecule has 6 heteroatoms. The highest BCUT2D eigenvalue weighted by molar-refractivity contribution is 5.97. The number of carbonyl (C=O) groups is 1. The monoisotopic (exact) mass is 224 g/mol. The zero-order valence-electron chi connectivity index (χ0n) is 9.23. The highest BCUT2D eigenvalue weighted by atomic mass is 16.3. The Kier molecular flexibility index (Phi) is 2.82. The molecule has 0 aliphatic carbocycles. The van der Waals surface area contributed by atoms with Crippen molar-refractivity contribution in [3.05, 3.63) is 11.4 Å². The van der Waals surface area contributed by atoms with Crippen molar-refractivity contribution in [2.75, 3.05) is 18.9 Å². The Labute approximate surface area is 93.4 Å². The van der Waals surface area contributed by atoms with Gasteiger partial charge in [-0.2, -0.15) is 5.10 Å². The molecule has 88 valence electrons. The van der Waals surface area contributed by atoms with Crippen LogP contribution < -0.4 is 5.73 Å². The average molecular weight is 224 g/mol. The minimum absolute atomic E-state index is 0.00491. The molecule has 0 radical (unpaired) electrons. The zero-order chi connectivity index (χ0) is 11.7. The lowest BCUT2D eigenvalue weighted by Gasteiger charge is -2.22. The van der Waals surface area contributed by atoms with Gasteiger partial charge in [0.2, 0.25) is 0 Å². The fourth-order valence-corrected chi connectivity index (χ4v) is 2.03. The number of aliphatic hydroxyl groups excluding tert-OH is 1. The van der Waals surface area contributed by atoms with Crippen molar-refractivity contribution in [3.63, 3.8) is 0 Å². The van der Waals surface area contributed by atoms with Crippen LogP contribution in [0, 0.1) is 6.92 Å². The van der Waals surface area contributed by atoms with E-state index in [1.807, 2.05) is 0 Å². The summed E-state index contributed by atoms with van der Waals surface area (Å²) in [6.45, 7) is 2.43. The number of anilines is 1. The van der Waals surface area contributed by atoms with E-state index in [2.05, 4.69) is 10.2 Å². The molecule has 1 aromatic rings. The van der Waals surface area contributed by atoms with E-state index < -0.39 is 0 Å². The Bertz CT molecular complexity index is 402. The number of nitrogens with two attached hydrogens (primary N) is 1. The fraction of sp³-hybridized carbons (Fsp3) is 0.600. The van der Waals surface area contributed by atoms with Crippen molar-refractivity contribution in [1.29, 1.82) is 0 Å². The predicted octanol–water partition coefficient (Wildman–Crippen LogP) is -0.103. The van der Waals surface area contributed by atoms with Crippen LogP contribution in [0.3, 0.4) is 0 Å². The molecule has 0 aromatic carbocycles. The van der Waals surface area contributed by atoms with Crippen LogP contribution in [0.4, 0.5) is 5.69 Å². The molecule has 4 N–H and O–H groups in total. The van der Waals surface area contributed by atoms with Crippen LogP contribution in [0.1, 0.15) is 29.0 Å². The van der Waals surface area contributed by atoms with Gasteiger partial charge in [0.1, 0.15) is 0 Å². The molecule has 6 nitrogen and oxygen atoms in total. The maximum absolute atomic E-state index is 12.1. The van der Waals surface area contributed by atoms with Gasteiger partial charge in [-0.1, -0.05) is 0 Å². The second-order valence-electron chi connectivity index (χ2n) is 4.09.